The molecule has 0 unspecified atom stereocenters. The molecular weight excluding hydrogens is 220 g/mol. The minimum Gasteiger partial charge on any atom is -0.480 e. The van der Waals surface area contributed by atoms with Gasteiger partial charge in [-0.05, 0) is 45.8 Å². The molecule has 0 aromatic rings. The number of amides is 1. The summed E-state index contributed by atoms with van der Waals surface area (Å²) in [5, 5.41) is 12.1. The van der Waals surface area contributed by atoms with Gasteiger partial charge < -0.3 is 15.3 Å². The van der Waals surface area contributed by atoms with Gasteiger partial charge in [-0.25, -0.2) is 0 Å². The number of aliphatic carboxylic acids is 1. The van der Waals surface area contributed by atoms with Gasteiger partial charge in [0.2, 0.25) is 5.91 Å². The van der Waals surface area contributed by atoms with Crippen LogP contribution in [0.15, 0.2) is 0 Å². The van der Waals surface area contributed by atoms with Crippen LogP contribution in [0.1, 0.15) is 32.1 Å². The van der Waals surface area contributed by atoms with Crippen molar-refractivity contribution < 1.29 is 14.7 Å². The average molecular weight is 240 g/mol. The van der Waals surface area contributed by atoms with Gasteiger partial charge >= 0.3 is 5.97 Å². The predicted molar refractivity (Wildman–Crippen MR) is 62.6 cm³/mol. The zero-order chi connectivity index (χ0) is 12.5. The molecule has 0 bridgehead atoms. The first-order chi connectivity index (χ1) is 8.04. The van der Waals surface area contributed by atoms with Crippen molar-refractivity contribution in [2.24, 2.45) is 5.41 Å². The zero-order valence-corrected chi connectivity index (χ0v) is 10.2. The van der Waals surface area contributed by atoms with Crippen molar-refractivity contribution >= 4 is 11.9 Å². The quantitative estimate of drug-likeness (QED) is 0.703. The van der Waals surface area contributed by atoms with Crippen LogP contribution in [0, 0.1) is 5.41 Å². The molecule has 0 aromatic heterocycles. The molecule has 2 N–H and O–H groups in total. The topological polar surface area (TPSA) is 69.6 Å². The lowest BCUT2D eigenvalue weighted by Crippen LogP contribution is -2.55. The van der Waals surface area contributed by atoms with E-state index in [9.17, 15) is 9.59 Å². The van der Waals surface area contributed by atoms with Gasteiger partial charge in [0.15, 0.2) is 0 Å². The molecule has 1 amide bonds. The van der Waals surface area contributed by atoms with Gasteiger partial charge in [-0.2, -0.15) is 0 Å². The average Bonchev–Trinajstić information content (AvgIpc) is 2.19. The molecule has 5 heteroatoms. The molecule has 1 aliphatic heterocycles. The van der Waals surface area contributed by atoms with E-state index in [2.05, 4.69) is 17.3 Å². The first-order valence-electron chi connectivity index (χ1n) is 6.27. The molecule has 2 fully saturated rings. The highest BCUT2D eigenvalue weighted by atomic mass is 16.4. The third-order valence-electron chi connectivity index (χ3n) is 4.10. The van der Waals surface area contributed by atoms with Crippen LogP contribution >= 0.6 is 0 Å². The third kappa shape index (κ3) is 2.29. The first kappa shape index (κ1) is 12.4. The summed E-state index contributed by atoms with van der Waals surface area (Å²) in [5.74, 6) is -1.24. The van der Waals surface area contributed by atoms with E-state index in [0.29, 0.717) is 12.8 Å². The van der Waals surface area contributed by atoms with E-state index in [1.54, 1.807) is 0 Å². The fourth-order valence-electron chi connectivity index (χ4n) is 2.54. The number of carboxylic acids is 1. The number of carbonyl (C=O) groups excluding carboxylic acids is 1. The monoisotopic (exact) mass is 240 g/mol. The molecule has 1 saturated heterocycles. The van der Waals surface area contributed by atoms with E-state index >= 15 is 0 Å². The van der Waals surface area contributed by atoms with E-state index in [-0.39, 0.29) is 11.9 Å². The van der Waals surface area contributed by atoms with Gasteiger partial charge in [0.1, 0.15) is 5.41 Å². The fraction of sp³-hybridized carbons (Fsp3) is 0.833. The molecule has 96 valence electrons. The Labute approximate surface area is 101 Å². The molecule has 0 atom stereocenters. The second-order valence-corrected chi connectivity index (χ2v) is 5.29. The van der Waals surface area contributed by atoms with E-state index in [4.69, 9.17) is 5.11 Å². The van der Waals surface area contributed by atoms with Gasteiger partial charge in [0.25, 0.3) is 0 Å². The summed E-state index contributed by atoms with van der Waals surface area (Å²) in [6.45, 7) is 1.93. The van der Waals surface area contributed by atoms with E-state index < -0.39 is 11.4 Å². The van der Waals surface area contributed by atoms with E-state index in [0.717, 1.165) is 32.4 Å². The van der Waals surface area contributed by atoms with Gasteiger partial charge in [-0.15, -0.1) is 0 Å². The van der Waals surface area contributed by atoms with Gasteiger partial charge in [0, 0.05) is 6.04 Å². The third-order valence-corrected chi connectivity index (χ3v) is 4.10. The molecule has 0 aromatic carbocycles. The highest BCUT2D eigenvalue weighted by Gasteiger charge is 2.51. The normalized spacial score (nSPS) is 25.0. The molecule has 5 nitrogen and oxygen atoms in total. The van der Waals surface area contributed by atoms with Crippen molar-refractivity contribution in [3.63, 3.8) is 0 Å². The second kappa shape index (κ2) is 4.64. The summed E-state index contributed by atoms with van der Waals surface area (Å²) < 4.78 is 0. The fourth-order valence-corrected chi connectivity index (χ4v) is 2.54. The number of nitrogens with zero attached hydrogens (tertiary/aromatic N) is 1. The van der Waals surface area contributed by atoms with E-state index in [1.165, 1.54) is 0 Å². The van der Waals surface area contributed by atoms with Crippen LogP contribution in [-0.2, 0) is 9.59 Å². The van der Waals surface area contributed by atoms with Crippen LogP contribution in [0.3, 0.4) is 0 Å². The van der Waals surface area contributed by atoms with Crippen LogP contribution in [0.4, 0.5) is 0 Å². The number of hydrogen-bond acceptors (Lipinski definition) is 3. The maximum atomic E-state index is 12.0. The smallest absolute Gasteiger partial charge is 0.319 e. The summed E-state index contributed by atoms with van der Waals surface area (Å²) in [6.07, 6.45) is 3.64. The zero-order valence-electron chi connectivity index (χ0n) is 10.2. The number of carboxylic acid groups (broad SMARTS) is 1. The lowest BCUT2D eigenvalue weighted by Gasteiger charge is -2.38. The van der Waals surface area contributed by atoms with Crippen molar-refractivity contribution in [2.75, 3.05) is 20.1 Å². The predicted octanol–water partition coefficient (Wildman–Crippen LogP) is 0.452. The Bertz CT molecular complexity index is 318. The highest BCUT2D eigenvalue weighted by Crippen LogP contribution is 2.41. The largest absolute Gasteiger partial charge is 0.480 e. The number of carbonyl (C=O) groups is 2. The Hall–Kier alpha value is -1.10. The lowest BCUT2D eigenvalue weighted by atomic mass is 9.68. The minimum absolute atomic E-state index is 0.149. The minimum atomic E-state index is -1.12. The Morgan fingerprint density at radius 3 is 2.29 bits per heavy atom. The van der Waals surface area contributed by atoms with Gasteiger partial charge in [-0.1, -0.05) is 6.42 Å². The summed E-state index contributed by atoms with van der Waals surface area (Å²) in [7, 11) is 2.06. The molecular formula is C12H20N2O3. The number of piperidine rings is 1. The number of hydrogen-bond donors (Lipinski definition) is 2. The Kier molecular flexibility index (Phi) is 3.38. The molecule has 1 heterocycles. The number of nitrogens with one attached hydrogen (secondary N) is 1. The second-order valence-electron chi connectivity index (χ2n) is 5.29. The molecule has 1 aliphatic carbocycles. The standard InChI is InChI=1S/C12H20N2O3/c1-14-7-3-9(4-8-14)13-10(15)12(11(16)17)5-2-6-12/h9H,2-8H2,1H3,(H,13,15)(H,16,17). The number of likely N-dealkylation sites (tertiary alicyclic amines) is 1. The molecule has 2 aliphatic rings. The van der Waals surface area contributed by atoms with Crippen LogP contribution in [-0.4, -0.2) is 48.1 Å². The summed E-state index contributed by atoms with van der Waals surface area (Å²) in [4.78, 5) is 25.4. The van der Waals surface area contributed by atoms with Crippen molar-refractivity contribution in [3.8, 4) is 0 Å². The van der Waals surface area contributed by atoms with Crippen LogP contribution in [0.25, 0.3) is 0 Å². The molecule has 1 saturated carbocycles. The number of rotatable bonds is 3. The van der Waals surface area contributed by atoms with Crippen molar-refractivity contribution in [3.05, 3.63) is 0 Å². The Balaban J connectivity index is 1.90. The Morgan fingerprint density at radius 2 is 1.88 bits per heavy atom. The first-order valence-corrected chi connectivity index (χ1v) is 6.27. The molecule has 17 heavy (non-hydrogen) atoms. The van der Waals surface area contributed by atoms with Crippen molar-refractivity contribution in [2.45, 2.75) is 38.1 Å². The lowest BCUT2D eigenvalue weighted by molar-refractivity contribution is -0.162. The molecule has 0 spiro atoms. The van der Waals surface area contributed by atoms with E-state index in [1.807, 2.05) is 0 Å². The van der Waals surface area contributed by atoms with Gasteiger partial charge in [-0.3, -0.25) is 9.59 Å². The SMILES string of the molecule is CN1CCC(NC(=O)C2(C(=O)O)CCC2)CC1. The van der Waals surface area contributed by atoms with Crippen molar-refractivity contribution in [1.82, 2.24) is 10.2 Å². The maximum Gasteiger partial charge on any atom is 0.319 e. The summed E-state index contributed by atoms with van der Waals surface area (Å²) in [6, 6.07) is 0.149. The molecule has 0 radical (unpaired) electrons. The van der Waals surface area contributed by atoms with Crippen LogP contribution in [0.2, 0.25) is 0 Å². The highest BCUT2D eigenvalue weighted by molar-refractivity contribution is 6.02. The van der Waals surface area contributed by atoms with Crippen LogP contribution in [0.5, 0.6) is 0 Å². The maximum absolute atomic E-state index is 12.0. The molecule has 2 rings (SSSR count). The summed E-state index contributed by atoms with van der Waals surface area (Å²) >= 11 is 0. The Morgan fingerprint density at radius 1 is 1.29 bits per heavy atom. The van der Waals surface area contributed by atoms with Gasteiger partial charge in [0.05, 0.1) is 0 Å². The van der Waals surface area contributed by atoms with Crippen LogP contribution < -0.4 is 5.32 Å². The van der Waals surface area contributed by atoms with Crippen molar-refractivity contribution in [1.29, 1.82) is 0 Å². The summed E-state index contributed by atoms with van der Waals surface area (Å²) in [5.41, 5.74) is -1.12.